The number of aliphatic carboxylic acids is 1. The molecule has 0 bridgehead atoms. The van der Waals surface area contributed by atoms with Gasteiger partial charge in [-0.05, 0) is 36.5 Å². The van der Waals surface area contributed by atoms with E-state index in [2.05, 4.69) is 31.2 Å². The first-order valence-corrected chi connectivity index (χ1v) is 7.78. The van der Waals surface area contributed by atoms with Crippen molar-refractivity contribution in [3.8, 4) is 0 Å². The predicted octanol–water partition coefficient (Wildman–Crippen LogP) is 2.76. The number of hydrogen-bond donors (Lipinski definition) is 2. The topological polar surface area (TPSA) is 84.2 Å². The Balaban J connectivity index is 1.87. The van der Waals surface area contributed by atoms with Crippen LogP contribution in [-0.4, -0.2) is 26.8 Å². The van der Waals surface area contributed by atoms with Gasteiger partial charge in [-0.2, -0.15) is 5.10 Å². The number of aromatic nitrogens is 2. The van der Waals surface area contributed by atoms with Crippen LogP contribution in [0, 0.1) is 17.3 Å². The highest BCUT2D eigenvalue weighted by atomic mass is 16.4. The first-order chi connectivity index (χ1) is 10.2. The monoisotopic (exact) mass is 307 g/mol. The van der Waals surface area contributed by atoms with E-state index >= 15 is 0 Å². The van der Waals surface area contributed by atoms with Crippen LogP contribution in [0.4, 0.5) is 5.82 Å². The zero-order valence-corrected chi connectivity index (χ0v) is 13.5. The number of carbonyl (C=O) groups is 2. The molecule has 2 atom stereocenters. The molecule has 2 rings (SSSR count). The number of nitrogens with zero attached hydrogens (tertiary/aromatic N) is 2. The first-order valence-electron chi connectivity index (χ1n) is 7.78. The Bertz CT molecular complexity index is 551. The van der Waals surface area contributed by atoms with E-state index in [1.807, 2.05) is 0 Å². The van der Waals surface area contributed by atoms with Gasteiger partial charge in [0.15, 0.2) is 5.82 Å². The molecule has 0 aliphatic heterocycles. The quantitative estimate of drug-likeness (QED) is 0.876. The number of hydrogen-bond acceptors (Lipinski definition) is 3. The number of carboxylic acids is 1. The summed E-state index contributed by atoms with van der Waals surface area (Å²) in [5.41, 5.74) is 0.297. The van der Waals surface area contributed by atoms with Crippen LogP contribution in [0.2, 0.25) is 0 Å². The lowest BCUT2D eigenvalue weighted by atomic mass is 9.67. The summed E-state index contributed by atoms with van der Waals surface area (Å²) < 4.78 is 1.30. The van der Waals surface area contributed by atoms with Gasteiger partial charge in [0.1, 0.15) is 6.54 Å². The molecule has 0 aromatic carbocycles. The molecule has 22 heavy (non-hydrogen) atoms. The van der Waals surface area contributed by atoms with Crippen molar-refractivity contribution >= 4 is 17.7 Å². The fourth-order valence-corrected chi connectivity index (χ4v) is 3.81. The van der Waals surface area contributed by atoms with Crippen molar-refractivity contribution in [1.82, 2.24) is 9.78 Å². The largest absolute Gasteiger partial charge is 0.480 e. The SMILES string of the molecule is CC1CC(CC(=O)Nc2ccn(CC(=O)O)n2)CC(C)(C)C1. The van der Waals surface area contributed by atoms with Crippen LogP contribution in [0.5, 0.6) is 0 Å². The van der Waals surface area contributed by atoms with Gasteiger partial charge in [0.05, 0.1) is 0 Å². The summed E-state index contributed by atoms with van der Waals surface area (Å²) in [4.78, 5) is 22.8. The van der Waals surface area contributed by atoms with E-state index in [0.717, 1.165) is 12.8 Å². The van der Waals surface area contributed by atoms with Gasteiger partial charge in [0.2, 0.25) is 5.91 Å². The van der Waals surface area contributed by atoms with Crippen molar-refractivity contribution < 1.29 is 14.7 Å². The highest BCUT2D eigenvalue weighted by molar-refractivity contribution is 5.89. The molecule has 6 heteroatoms. The van der Waals surface area contributed by atoms with Gasteiger partial charge in [-0.15, -0.1) is 0 Å². The fourth-order valence-electron chi connectivity index (χ4n) is 3.81. The van der Waals surface area contributed by atoms with Crippen molar-refractivity contribution in [3.63, 3.8) is 0 Å². The van der Waals surface area contributed by atoms with E-state index in [-0.39, 0.29) is 12.5 Å². The average Bonchev–Trinajstić information content (AvgIpc) is 2.71. The smallest absolute Gasteiger partial charge is 0.325 e. The average molecular weight is 307 g/mol. The van der Waals surface area contributed by atoms with Crippen molar-refractivity contribution in [2.24, 2.45) is 17.3 Å². The lowest BCUT2D eigenvalue weighted by molar-refractivity contribution is -0.137. The van der Waals surface area contributed by atoms with E-state index < -0.39 is 5.97 Å². The van der Waals surface area contributed by atoms with Crippen LogP contribution in [0.1, 0.15) is 46.5 Å². The van der Waals surface area contributed by atoms with Crippen molar-refractivity contribution in [1.29, 1.82) is 0 Å². The second-order valence-electron chi connectivity index (χ2n) is 7.32. The summed E-state index contributed by atoms with van der Waals surface area (Å²) >= 11 is 0. The van der Waals surface area contributed by atoms with E-state index in [9.17, 15) is 9.59 Å². The highest BCUT2D eigenvalue weighted by Crippen LogP contribution is 2.42. The lowest BCUT2D eigenvalue weighted by Gasteiger charge is -2.38. The molecule has 0 saturated heterocycles. The molecular formula is C16H25N3O3. The Kier molecular flexibility index (Phi) is 4.88. The molecule has 122 valence electrons. The molecule has 1 saturated carbocycles. The highest BCUT2D eigenvalue weighted by Gasteiger charge is 2.32. The molecule has 1 aliphatic carbocycles. The zero-order chi connectivity index (χ0) is 16.3. The third-order valence-corrected chi connectivity index (χ3v) is 4.16. The molecule has 2 N–H and O–H groups in total. The van der Waals surface area contributed by atoms with E-state index in [1.165, 1.54) is 11.1 Å². The molecule has 1 aromatic rings. The van der Waals surface area contributed by atoms with Gasteiger partial charge < -0.3 is 10.4 Å². The lowest BCUT2D eigenvalue weighted by Crippen LogP contribution is -2.30. The van der Waals surface area contributed by atoms with Gasteiger partial charge in [-0.1, -0.05) is 20.8 Å². The second-order valence-corrected chi connectivity index (χ2v) is 7.32. The van der Waals surface area contributed by atoms with Crippen LogP contribution < -0.4 is 5.32 Å². The van der Waals surface area contributed by atoms with Crippen LogP contribution in [0.25, 0.3) is 0 Å². The van der Waals surface area contributed by atoms with E-state index in [1.54, 1.807) is 12.3 Å². The van der Waals surface area contributed by atoms with Crippen molar-refractivity contribution in [3.05, 3.63) is 12.3 Å². The van der Waals surface area contributed by atoms with Crippen LogP contribution in [0.3, 0.4) is 0 Å². The Hall–Kier alpha value is -1.85. The molecule has 1 aliphatic rings. The van der Waals surface area contributed by atoms with Crippen molar-refractivity contribution in [2.45, 2.75) is 53.0 Å². The number of nitrogens with one attached hydrogen (secondary N) is 1. The maximum atomic E-state index is 12.2. The normalized spacial score (nSPS) is 24.0. The summed E-state index contributed by atoms with van der Waals surface area (Å²) in [6, 6.07) is 1.62. The van der Waals surface area contributed by atoms with Crippen LogP contribution >= 0.6 is 0 Å². The molecule has 0 radical (unpaired) electrons. The summed E-state index contributed by atoms with van der Waals surface area (Å²) in [5.74, 6) is 0.459. The number of rotatable bonds is 5. The number of anilines is 1. The summed E-state index contributed by atoms with van der Waals surface area (Å²) in [6.07, 6.45) is 5.42. The first kappa shape index (κ1) is 16.5. The minimum Gasteiger partial charge on any atom is -0.480 e. The Morgan fingerprint density at radius 3 is 2.82 bits per heavy atom. The molecule has 6 nitrogen and oxygen atoms in total. The van der Waals surface area contributed by atoms with E-state index in [4.69, 9.17) is 5.11 Å². The fraction of sp³-hybridized carbons (Fsp3) is 0.688. The van der Waals surface area contributed by atoms with E-state index in [0.29, 0.717) is 29.5 Å². The van der Waals surface area contributed by atoms with Crippen molar-refractivity contribution in [2.75, 3.05) is 5.32 Å². The van der Waals surface area contributed by atoms with Gasteiger partial charge in [0.25, 0.3) is 0 Å². The van der Waals surface area contributed by atoms with Gasteiger partial charge in [-0.25, -0.2) is 0 Å². The van der Waals surface area contributed by atoms with Crippen LogP contribution in [-0.2, 0) is 16.1 Å². The third kappa shape index (κ3) is 4.86. The summed E-state index contributed by atoms with van der Waals surface area (Å²) in [5, 5.41) is 15.5. The summed E-state index contributed by atoms with van der Waals surface area (Å²) in [7, 11) is 0. The molecule has 1 heterocycles. The Labute approximate surface area is 130 Å². The van der Waals surface area contributed by atoms with Gasteiger partial charge >= 0.3 is 5.97 Å². The minimum atomic E-state index is -0.959. The Morgan fingerprint density at radius 2 is 2.18 bits per heavy atom. The summed E-state index contributed by atoms with van der Waals surface area (Å²) in [6.45, 7) is 6.58. The third-order valence-electron chi connectivity index (χ3n) is 4.16. The second kappa shape index (κ2) is 6.50. The Morgan fingerprint density at radius 1 is 1.45 bits per heavy atom. The molecular weight excluding hydrogens is 282 g/mol. The molecule has 0 spiro atoms. The molecule has 1 amide bonds. The standard InChI is InChI=1S/C16H25N3O3/c1-11-6-12(9-16(2,3)8-11)7-14(20)17-13-4-5-19(18-13)10-15(21)22/h4-5,11-12H,6-10H2,1-3H3,(H,21,22)(H,17,18,20). The number of carbonyl (C=O) groups excluding carboxylic acids is 1. The zero-order valence-electron chi connectivity index (χ0n) is 13.5. The van der Waals surface area contributed by atoms with Crippen LogP contribution in [0.15, 0.2) is 12.3 Å². The maximum absolute atomic E-state index is 12.2. The number of carboxylic acid groups (broad SMARTS) is 1. The minimum absolute atomic E-state index is 0.0459. The molecule has 1 aromatic heterocycles. The molecule has 1 fully saturated rings. The number of amides is 1. The molecule has 2 unspecified atom stereocenters. The maximum Gasteiger partial charge on any atom is 0.325 e. The predicted molar refractivity (Wildman–Crippen MR) is 83.4 cm³/mol. The van der Waals surface area contributed by atoms with Gasteiger partial charge in [-0.3, -0.25) is 14.3 Å². The van der Waals surface area contributed by atoms with Gasteiger partial charge in [0, 0.05) is 18.7 Å².